The van der Waals surface area contributed by atoms with Crippen LogP contribution in [0.15, 0.2) is 40.9 Å². The maximum atomic E-state index is 14.0. The zero-order valence-corrected chi connectivity index (χ0v) is 13.7. The highest BCUT2D eigenvalue weighted by Crippen LogP contribution is 2.24. The van der Waals surface area contributed by atoms with Crippen LogP contribution in [0.4, 0.5) is 8.78 Å². The third-order valence-corrected chi connectivity index (χ3v) is 3.85. The molecule has 112 valence electrons. The van der Waals surface area contributed by atoms with Crippen LogP contribution in [0, 0.1) is 18.6 Å². The summed E-state index contributed by atoms with van der Waals surface area (Å²) in [5.74, 6) is -0.510. The topological polar surface area (TPSA) is 12.0 Å². The van der Waals surface area contributed by atoms with Crippen molar-refractivity contribution in [3.05, 3.63) is 69.2 Å². The minimum absolute atomic E-state index is 0.111. The van der Waals surface area contributed by atoms with E-state index in [1.54, 1.807) is 6.07 Å². The first-order valence-electron chi connectivity index (χ1n) is 6.94. The number of hydrogen-bond donors (Lipinski definition) is 1. The van der Waals surface area contributed by atoms with E-state index in [1.165, 1.54) is 18.2 Å². The van der Waals surface area contributed by atoms with Crippen LogP contribution in [0.1, 0.15) is 29.7 Å². The molecule has 0 saturated carbocycles. The van der Waals surface area contributed by atoms with Gasteiger partial charge in [0.15, 0.2) is 0 Å². The molecule has 0 heterocycles. The largest absolute Gasteiger partial charge is 0.310 e. The summed E-state index contributed by atoms with van der Waals surface area (Å²) in [6.07, 6.45) is 0.482. The molecular weight excluding hydrogens is 336 g/mol. The molecule has 4 heteroatoms. The van der Waals surface area contributed by atoms with Crippen LogP contribution in [0.3, 0.4) is 0 Å². The molecular formula is C17H18BrF2N. The van der Waals surface area contributed by atoms with Gasteiger partial charge in [0.1, 0.15) is 11.6 Å². The molecule has 1 unspecified atom stereocenters. The molecule has 0 bridgehead atoms. The Morgan fingerprint density at radius 2 is 1.90 bits per heavy atom. The van der Waals surface area contributed by atoms with Gasteiger partial charge in [0.05, 0.1) is 0 Å². The van der Waals surface area contributed by atoms with Crippen LogP contribution < -0.4 is 5.32 Å². The Bertz CT molecular complexity index is 608. The van der Waals surface area contributed by atoms with Gasteiger partial charge >= 0.3 is 0 Å². The summed E-state index contributed by atoms with van der Waals surface area (Å²) in [6.45, 7) is 4.57. The van der Waals surface area contributed by atoms with Crippen LogP contribution in [0.25, 0.3) is 0 Å². The minimum Gasteiger partial charge on any atom is -0.310 e. The lowest BCUT2D eigenvalue weighted by Gasteiger charge is -2.19. The molecule has 0 aliphatic heterocycles. The molecule has 0 aliphatic rings. The van der Waals surface area contributed by atoms with E-state index in [2.05, 4.69) is 21.2 Å². The Hall–Kier alpha value is -1.26. The van der Waals surface area contributed by atoms with Crippen molar-refractivity contribution < 1.29 is 8.78 Å². The molecule has 2 aromatic carbocycles. The highest BCUT2D eigenvalue weighted by atomic mass is 79.9. The summed E-state index contributed by atoms with van der Waals surface area (Å²) >= 11 is 3.25. The second-order valence-electron chi connectivity index (χ2n) is 5.11. The summed E-state index contributed by atoms with van der Waals surface area (Å²) in [5.41, 5.74) is 2.33. The lowest BCUT2D eigenvalue weighted by atomic mass is 9.97. The van der Waals surface area contributed by atoms with E-state index in [0.29, 0.717) is 16.5 Å². The lowest BCUT2D eigenvalue weighted by Crippen LogP contribution is -2.23. The third-order valence-electron chi connectivity index (χ3n) is 3.36. The zero-order chi connectivity index (χ0) is 15.4. The summed E-state index contributed by atoms with van der Waals surface area (Å²) in [4.78, 5) is 0. The van der Waals surface area contributed by atoms with Crippen LogP contribution in [0.5, 0.6) is 0 Å². The van der Waals surface area contributed by atoms with Crippen molar-refractivity contribution in [3.63, 3.8) is 0 Å². The van der Waals surface area contributed by atoms with Crippen molar-refractivity contribution in [2.24, 2.45) is 0 Å². The number of halogens is 3. The normalized spacial score (nSPS) is 12.4. The Balaban J connectivity index is 2.30. The van der Waals surface area contributed by atoms with E-state index >= 15 is 0 Å². The fourth-order valence-electron chi connectivity index (χ4n) is 2.43. The van der Waals surface area contributed by atoms with Gasteiger partial charge in [-0.15, -0.1) is 0 Å². The van der Waals surface area contributed by atoms with Gasteiger partial charge in [0.2, 0.25) is 0 Å². The van der Waals surface area contributed by atoms with Crippen molar-refractivity contribution in [1.29, 1.82) is 0 Å². The van der Waals surface area contributed by atoms with E-state index in [0.717, 1.165) is 17.7 Å². The Morgan fingerprint density at radius 1 is 1.14 bits per heavy atom. The van der Waals surface area contributed by atoms with Crippen molar-refractivity contribution in [1.82, 2.24) is 5.32 Å². The highest BCUT2D eigenvalue weighted by Gasteiger charge is 2.15. The van der Waals surface area contributed by atoms with E-state index in [9.17, 15) is 8.78 Å². The van der Waals surface area contributed by atoms with Crippen LogP contribution in [-0.2, 0) is 6.42 Å². The first-order valence-corrected chi connectivity index (χ1v) is 7.73. The van der Waals surface area contributed by atoms with Gasteiger partial charge in [-0.3, -0.25) is 0 Å². The van der Waals surface area contributed by atoms with Crippen molar-refractivity contribution in [3.8, 4) is 0 Å². The summed E-state index contributed by atoms with van der Waals surface area (Å²) in [5, 5.41) is 3.30. The molecule has 0 amide bonds. The van der Waals surface area contributed by atoms with Crippen molar-refractivity contribution in [2.75, 3.05) is 6.54 Å². The zero-order valence-electron chi connectivity index (χ0n) is 12.1. The molecule has 0 aromatic heterocycles. The molecule has 1 N–H and O–H groups in total. The molecule has 21 heavy (non-hydrogen) atoms. The molecule has 1 nitrogen and oxygen atoms in total. The quantitative estimate of drug-likeness (QED) is 0.803. The van der Waals surface area contributed by atoms with Gasteiger partial charge in [-0.25, -0.2) is 8.78 Å². The monoisotopic (exact) mass is 353 g/mol. The molecule has 0 radical (unpaired) electrons. The first-order chi connectivity index (χ1) is 9.99. The van der Waals surface area contributed by atoms with Gasteiger partial charge in [-0.2, -0.15) is 0 Å². The van der Waals surface area contributed by atoms with Gasteiger partial charge in [0, 0.05) is 10.5 Å². The maximum absolute atomic E-state index is 14.0. The van der Waals surface area contributed by atoms with E-state index < -0.39 is 0 Å². The summed E-state index contributed by atoms with van der Waals surface area (Å²) < 4.78 is 28.3. The average molecular weight is 354 g/mol. The molecule has 2 aromatic rings. The third kappa shape index (κ3) is 4.35. The molecule has 0 fully saturated rings. The number of nitrogens with one attached hydrogen (secondary N) is 1. The summed E-state index contributed by atoms with van der Waals surface area (Å²) in [7, 11) is 0. The highest BCUT2D eigenvalue weighted by molar-refractivity contribution is 9.10. The Kier molecular flexibility index (Phi) is 5.48. The van der Waals surface area contributed by atoms with E-state index in [-0.39, 0.29) is 17.7 Å². The van der Waals surface area contributed by atoms with Gasteiger partial charge in [-0.1, -0.05) is 35.0 Å². The lowest BCUT2D eigenvalue weighted by molar-refractivity contribution is 0.523. The molecule has 1 atom stereocenters. The fourth-order valence-corrected chi connectivity index (χ4v) is 2.76. The standard InChI is InChI=1S/C17H18BrF2N/c1-3-21-17(13-6-11(2)7-15(19)8-13)9-12-4-5-14(18)10-16(12)20/h4-8,10,17,21H,3,9H2,1-2H3. The number of likely N-dealkylation sites (N-methyl/N-ethyl adjacent to an activating group) is 1. The second-order valence-corrected chi connectivity index (χ2v) is 6.03. The van der Waals surface area contributed by atoms with Crippen LogP contribution in [-0.4, -0.2) is 6.54 Å². The predicted octanol–water partition coefficient (Wildman–Crippen LogP) is 4.93. The maximum Gasteiger partial charge on any atom is 0.127 e. The van der Waals surface area contributed by atoms with Gasteiger partial charge in [-0.05, 0) is 60.8 Å². The van der Waals surface area contributed by atoms with E-state index in [1.807, 2.05) is 26.0 Å². The molecule has 0 saturated heterocycles. The van der Waals surface area contributed by atoms with E-state index in [4.69, 9.17) is 0 Å². The van der Waals surface area contributed by atoms with Crippen molar-refractivity contribution >= 4 is 15.9 Å². The molecule has 0 aliphatic carbocycles. The number of benzene rings is 2. The van der Waals surface area contributed by atoms with Gasteiger partial charge in [0.25, 0.3) is 0 Å². The first kappa shape index (κ1) is 16.1. The average Bonchev–Trinajstić information content (AvgIpc) is 2.40. The van der Waals surface area contributed by atoms with Crippen LogP contribution in [0.2, 0.25) is 0 Å². The number of hydrogen-bond acceptors (Lipinski definition) is 1. The minimum atomic E-state index is -0.260. The second kappa shape index (κ2) is 7.14. The van der Waals surface area contributed by atoms with Crippen LogP contribution >= 0.6 is 15.9 Å². The summed E-state index contributed by atoms with van der Waals surface area (Å²) in [6, 6.07) is 9.86. The number of aryl methyl sites for hydroxylation is 1. The Labute approximate surface area is 132 Å². The molecule has 2 rings (SSSR count). The van der Waals surface area contributed by atoms with Crippen molar-refractivity contribution in [2.45, 2.75) is 26.3 Å². The fraction of sp³-hybridized carbons (Fsp3) is 0.294. The predicted molar refractivity (Wildman–Crippen MR) is 85.4 cm³/mol. The Morgan fingerprint density at radius 3 is 2.52 bits per heavy atom. The smallest absolute Gasteiger partial charge is 0.127 e. The van der Waals surface area contributed by atoms with Gasteiger partial charge < -0.3 is 5.32 Å². The number of rotatable bonds is 5. The SMILES string of the molecule is CCNC(Cc1ccc(Br)cc1F)c1cc(C)cc(F)c1. The molecule has 0 spiro atoms.